The zero-order valence-electron chi connectivity index (χ0n) is 15.5. The second-order valence-electron chi connectivity index (χ2n) is 7.08. The Bertz CT molecular complexity index is 637. The SMILES string of the molecule is CCCCCCc1ccc(C(=O)OC2CCC(/C=C(/F)C#N)CC2)cc1. The maximum absolute atomic E-state index is 13.0. The summed E-state index contributed by atoms with van der Waals surface area (Å²) in [7, 11) is 0. The number of aryl methyl sites for hydroxylation is 1. The second-order valence-corrected chi connectivity index (χ2v) is 7.08. The van der Waals surface area contributed by atoms with E-state index in [9.17, 15) is 9.18 Å². The number of nitrogens with zero attached hydrogens (tertiary/aromatic N) is 1. The van der Waals surface area contributed by atoms with Crippen molar-refractivity contribution in [2.24, 2.45) is 5.92 Å². The highest BCUT2D eigenvalue weighted by molar-refractivity contribution is 5.89. The molecule has 0 unspecified atom stereocenters. The molecule has 1 aromatic carbocycles. The number of allylic oxidation sites excluding steroid dienone is 2. The zero-order chi connectivity index (χ0) is 18.8. The molecule has 140 valence electrons. The molecule has 0 aromatic heterocycles. The van der Waals surface area contributed by atoms with Crippen LogP contribution in [0.4, 0.5) is 4.39 Å². The smallest absolute Gasteiger partial charge is 0.338 e. The average molecular weight is 357 g/mol. The molecular formula is C22H28FNO2. The first-order valence-electron chi connectivity index (χ1n) is 9.69. The number of hydrogen-bond donors (Lipinski definition) is 0. The number of rotatable bonds is 8. The van der Waals surface area contributed by atoms with Crippen molar-refractivity contribution in [1.82, 2.24) is 0 Å². The van der Waals surface area contributed by atoms with E-state index in [1.165, 1.54) is 43.4 Å². The van der Waals surface area contributed by atoms with Crippen LogP contribution in [-0.4, -0.2) is 12.1 Å². The van der Waals surface area contributed by atoms with Crippen LogP contribution in [0, 0.1) is 17.2 Å². The lowest BCUT2D eigenvalue weighted by Gasteiger charge is -2.26. The predicted molar refractivity (Wildman–Crippen MR) is 100 cm³/mol. The molecule has 0 heterocycles. The van der Waals surface area contributed by atoms with E-state index < -0.39 is 5.83 Å². The van der Waals surface area contributed by atoms with E-state index in [0.717, 1.165) is 19.3 Å². The van der Waals surface area contributed by atoms with Crippen LogP contribution < -0.4 is 0 Å². The third-order valence-corrected chi connectivity index (χ3v) is 4.99. The van der Waals surface area contributed by atoms with E-state index in [4.69, 9.17) is 10.00 Å². The molecule has 1 aromatic rings. The van der Waals surface area contributed by atoms with E-state index in [0.29, 0.717) is 18.4 Å². The maximum atomic E-state index is 13.0. The Labute approximate surface area is 155 Å². The minimum atomic E-state index is -0.722. The van der Waals surface area contributed by atoms with Crippen LogP contribution in [0.3, 0.4) is 0 Å². The first-order chi connectivity index (χ1) is 12.6. The zero-order valence-corrected chi connectivity index (χ0v) is 15.5. The van der Waals surface area contributed by atoms with E-state index in [1.54, 1.807) is 0 Å². The van der Waals surface area contributed by atoms with Crippen molar-refractivity contribution in [2.75, 3.05) is 0 Å². The quantitative estimate of drug-likeness (QED) is 0.330. The van der Waals surface area contributed by atoms with Crippen LogP contribution >= 0.6 is 0 Å². The van der Waals surface area contributed by atoms with Gasteiger partial charge in [-0.3, -0.25) is 0 Å². The van der Waals surface area contributed by atoms with Crippen LogP contribution in [0.15, 0.2) is 36.2 Å². The summed E-state index contributed by atoms with van der Waals surface area (Å²) in [6.45, 7) is 2.20. The van der Waals surface area contributed by atoms with Gasteiger partial charge in [0.25, 0.3) is 0 Å². The molecule has 3 nitrogen and oxygen atoms in total. The minimum absolute atomic E-state index is 0.0663. The molecule has 1 aliphatic carbocycles. The highest BCUT2D eigenvalue weighted by Gasteiger charge is 2.23. The van der Waals surface area contributed by atoms with Gasteiger partial charge in [0.1, 0.15) is 12.2 Å². The second kappa shape index (κ2) is 10.8. The normalized spacial score (nSPS) is 20.4. The number of esters is 1. The van der Waals surface area contributed by atoms with Gasteiger partial charge in [0.15, 0.2) is 5.83 Å². The largest absolute Gasteiger partial charge is 0.459 e. The number of halogens is 1. The van der Waals surface area contributed by atoms with Gasteiger partial charge in [-0.1, -0.05) is 38.3 Å². The minimum Gasteiger partial charge on any atom is -0.459 e. The Morgan fingerprint density at radius 1 is 1.19 bits per heavy atom. The van der Waals surface area contributed by atoms with Gasteiger partial charge in [-0.05, 0) is 68.2 Å². The molecule has 0 saturated heterocycles. The Morgan fingerprint density at radius 2 is 1.88 bits per heavy atom. The van der Waals surface area contributed by atoms with Crippen molar-refractivity contribution < 1.29 is 13.9 Å². The number of unbranched alkanes of at least 4 members (excludes halogenated alkanes) is 3. The number of carbonyl (C=O) groups excluding carboxylic acids is 1. The topological polar surface area (TPSA) is 50.1 Å². The van der Waals surface area contributed by atoms with Crippen molar-refractivity contribution >= 4 is 5.97 Å². The van der Waals surface area contributed by atoms with E-state index >= 15 is 0 Å². The Hall–Kier alpha value is -2.15. The summed E-state index contributed by atoms with van der Waals surface area (Å²) in [6.07, 6.45) is 10.1. The molecule has 1 aliphatic rings. The first kappa shape index (κ1) is 20.2. The number of carbonyl (C=O) groups is 1. The van der Waals surface area contributed by atoms with Crippen LogP contribution in [0.2, 0.25) is 0 Å². The van der Waals surface area contributed by atoms with Crippen LogP contribution in [0.1, 0.15) is 74.2 Å². The fraction of sp³-hybridized carbons (Fsp3) is 0.545. The van der Waals surface area contributed by atoms with E-state index in [2.05, 4.69) is 6.92 Å². The molecule has 0 spiro atoms. The molecule has 0 bridgehead atoms. The van der Waals surface area contributed by atoms with Gasteiger partial charge in [-0.2, -0.15) is 9.65 Å². The monoisotopic (exact) mass is 357 g/mol. The standard InChI is InChI=1S/C22H28FNO2/c1-2-3-4-5-6-17-7-11-19(12-8-17)22(25)26-21-13-9-18(10-14-21)15-20(23)16-24/h7-8,11-12,15,18,21H,2-6,9-10,13-14H2,1H3/b20-15+. The summed E-state index contributed by atoms with van der Waals surface area (Å²) in [4.78, 5) is 12.3. The molecule has 26 heavy (non-hydrogen) atoms. The van der Waals surface area contributed by atoms with Crippen molar-refractivity contribution in [2.45, 2.75) is 70.8 Å². The summed E-state index contributed by atoms with van der Waals surface area (Å²) in [5.74, 6) is -0.943. The van der Waals surface area contributed by atoms with Gasteiger partial charge in [0.2, 0.25) is 0 Å². The van der Waals surface area contributed by atoms with Gasteiger partial charge in [-0.15, -0.1) is 0 Å². The van der Waals surface area contributed by atoms with Crippen LogP contribution in [0.5, 0.6) is 0 Å². The molecule has 1 saturated carbocycles. The lowest BCUT2D eigenvalue weighted by molar-refractivity contribution is 0.0184. The molecule has 0 atom stereocenters. The molecule has 0 amide bonds. The third kappa shape index (κ3) is 6.63. The Morgan fingerprint density at radius 3 is 2.50 bits per heavy atom. The predicted octanol–water partition coefficient (Wildman–Crippen LogP) is 5.90. The van der Waals surface area contributed by atoms with Gasteiger partial charge in [0.05, 0.1) is 5.56 Å². The summed E-state index contributed by atoms with van der Waals surface area (Å²) >= 11 is 0. The van der Waals surface area contributed by atoms with Crippen LogP contribution in [-0.2, 0) is 11.2 Å². The van der Waals surface area contributed by atoms with Crippen molar-refractivity contribution in [3.05, 3.63) is 47.3 Å². The van der Waals surface area contributed by atoms with Crippen molar-refractivity contribution in [3.63, 3.8) is 0 Å². The summed E-state index contributed by atoms with van der Waals surface area (Å²) < 4.78 is 18.6. The molecule has 1 fully saturated rings. The lowest BCUT2D eigenvalue weighted by Crippen LogP contribution is -2.24. The van der Waals surface area contributed by atoms with E-state index in [-0.39, 0.29) is 18.0 Å². The molecule has 0 N–H and O–H groups in total. The molecule has 0 aliphatic heterocycles. The fourth-order valence-electron chi connectivity index (χ4n) is 3.40. The van der Waals surface area contributed by atoms with Crippen molar-refractivity contribution in [3.8, 4) is 6.07 Å². The number of ether oxygens (including phenoxy) is 1. The number of nitriles is 1. The third-order valence-electron chi connectivity index (χ3n) is 4.99. The summed E-state index contributed by atoms with van der Waals surface area (Å²) in [5, 5.41) is 8.49. The van der Waals surface area contributed by atoms with E-state index in [1.807, 2.05) is 24.3 Å². The Balaban J connectivity index is 1.77. The number of hydrogen-bond acceptors (Lipinski definition) is 3. The molecular weight excluding hydrogens is 329 g/mol. The van der Waals surface area contributed by atoms with Gasteiger partial charge >= 0.3 is 5.97 Å². The highest BCUT2D eigenvalue weighted by Crippen LogP contribution is 2.28. The van der Waals surface area contributed by atoms with Gasteiger partial charge in [0, 0.05) is 0 Å². The maximum Gasteiger partial charge on any atom is 0.338 e. The van der Waals surface area contributed by atoms with Gasteiger partial charge < -0.3 is 4.74 Å². The van der Waals surface area contributed by atoms with Crippen molar-refractivity contribution in [1.29, 1.82) is 5.26 Å². The molecule has 0 radical (unpaired) electrons. The fourth-order valence-corrected chi connectivity index (χ4v) is 3.40. The summed E-state index contributed by atoms with van der Waals surface area (Å²) in [6, 6.07) is 9.21. The highest BCUT2D eigenvalue weighted by atomic mass is 19.1. The van der Waals surface area contributed by atoms with Gasteiger partial charge in [-0.25, -0.2) is 4.79 Å². The summed E-state index contributed by atoms with van der Waals surface area (Å²) in [5.41, 5.74) is 1.84. The molecule has 4 heteroatoms. The first-order valence-corrected chi connectivity index (χ1v) is 9.69. The van der Waals surface area contributed by atoms with Crippen LogP contribution in [0.25, 0.3) is 0 Å². The Kier molecular flexibility index (Phi) is 8.34. The number of benzene rings is 1. The molecule has 2 rings (SSSR count). The average Bonchev–Trinajstić information content (AvgIpc) is 2.67. The lowest BCUT2D eigenvalue weighted by atomic mass is 9.87.